The summed E-state index contributed by atoms with van der Waals surface area (Å²) in [7, 11) is 1.61. The van der Waals surface area contributed by atoms with E-state index in [0.29, 0.717) is 12.5 Å². The predicted molar refractivity (Wildman–Crippen MR) is 80.4 cm³/mol. The van der Waals surface area contributed by atoms with Crippen LogP contribution in [0.2, 0.25) is 0 Å². The molecule has 0 saturated carbocycles. The molecule has 1 aliphatic carbocycles. The fraction of sp³-hybridized carbons (Fsp3) is 0.500. The van der Waals surface area contributed by atoms with E-state index in [1.54, 1.807) is 7.05 Å². The van der Waals surface area contributed by atoms with E-state index in [1.165, 1.54) is 16.0 Å². The summed E-state index contributed by atoms with van der Waals surface area (Å²) in [6.45, 7) is 0.850. The number of carboxylic acid groups (broad SMARTS) is 1. The van der Waals surface area contributed by atoms with E-state index in [1.807, 2.05) is 0 Å². The number of aryl methyl sites for hydroxylation is 1. The third-order valence-electron chi connectivity index (χ3n) is 4.03. The van der Waals surface area contributed by atoms with Crippen LogP contribution in [0.3, 0.4) is 0 Å². The van der Waals surface area contributed by atoms with E-state index >= 15 is 0 Å². The van der Waals surface area contributed by atoms with Gasteiger partial charge in [-0.05, 0) is 36.3 Å². The van der Waals surface area contributed by atoms with Gasteiger partial charge in [-0.25, -0.2) is 4.79 Å². The van der Waals surface area contributed by atoms with E-state index in [9.17, 15) is 9.59 Å². The molecule has 5 nitrogen and oxygen atoms in total. The molecule has 2 rings (SSSR count). The van der Waals surface area contributed by atoms with Gasteiger partial charge in [0.2, 0.25) is 0 Å². The number of carbonyl (C=O) groups is 2. The highest BCUT2D eigenvalue weighted by molar-refractivity contribution is 5.74. The number of urea groups is 1. The Bertz CT molecular complexity index is 516. The van der Waals surface area contributed by atoms with Crippen LogP contribution in [0.15, 0.2) is 24.3 Å². The van der Waals surface area contributed by atoms with Crippen molar-refractivity contribution in [2.45, 2.75) is 31.6 Å². The zero-order valence-corrected chi connectivity index (χ0v) is 12.3. The maximum absolute atomic E-state index is 11.8. The first-order valence-electron chi connectivity index (χ1n) is 7.36. The van der Waals surface area contributed by atoms with Crippen molar-refractivity contribution < 1.29 is 14.7 Å². The van der Waals surface area contributed by atoms with Crippen molar-refractivity contribution in [3.05, 3.63) is 35.4 Å². The molecule has 2 N–H and O–H groups in total. The van der Waals surface area contributed by atoms with Gasteiger partial charge in [0.15, 0.2) is 0 Å². The van der Waals surface area contributed by atoms with Crippen LogP contribution in [0.1, 0.15) is 36.3 Å². The molecule has 1 aliphatic rings. The molecule has 0 bridgehead atoms. The summed E-state index contributed by atoms with van der Waals surface area (Å²) in [5.41, 5.74) is 2.83. The highest BCUT2D eigenvalue weighted by Gasteiger charge is 2.21. The minimum Gasteiger partial charge on any atom is -0.481 e. The largest absolute Gasteiger partial charge is 0.481 e. The quantitative estimate of drug-likeness (QED) is 0.844. The van der Waals surface area contributed by atoms with Gasteiger partial charge in [-0.2, -0.15) is 0 Å². The Morgan fingerprint density at radius 2 is 2.14 bits per heavy atom. The molecular weight excluding hydrogens is 268 g/mol. The molecule has 1 unspecified atom stereocenters. The zero-order valence-electron chi connectivity index (χ0n) is 12.3. The van der Waals surface area contributed by atoms with Gasteiger partial charge in [-0.15, -0.1) is 0 Å². The van der Waals surface area contributed by atoms with Crippen LogP contribution >= 0.6 is 0 Å². The third-order valence-corrected chi connectivity index (χ3v) is 4.03. The minimum atomic E-state index is -0.891. The summed E-state index contributed by atoms with van der Waals surface area (Å²) < 4.78 is 0. The van der Waals surface area contributed by atoms with Crippen molar-refractivity contribution in [2.75, 3.05) is 20.1 Å². The Balaban J connectivity index is 1.73. The molecule has 114 valence electrons. The Labute approximate surface area is 125 Å². The van der Waals surface area contributed by atoms with Gasteiger partial charge in [0.05, 0.1) is 6.42 Å². The Morgan fingerprint density at radius 3 is 2.90 bits per heavy atom. The van der Waals surface area contributed by atoms with Crippen molar-refractivity contribution in [3.8, 4) is 0 Å². The molecule has 0 fully saturated rings. The molecule has 1 aromatic carbocycles. The molecule has 0 heterocycles. The van der Waals surface area contributed by atoms with Crippen LogP contribution in [0, 0.1) is 0 Å². The smallest absolute Gasteiger partial charge is 0.317 e. The molecule has 0 spiro atoms. The fourth-order valence-electron chi connectivity index (χ4n) is 2.80. The van der Waals surface area contributed by atoms with Gasteiger partial charge in [-0.3, -0.25) is 4.79 Å². The molecule has 0 saturated heterocycles. The van der Waals surface area contributed by atoms with Crippen molar-refractivity contribution in [1.82, 2.24) is 10.2 Å². The number of benzene rings is 1. The monoisotopic (exact) mass is 290 g/mol. The normalized spacial score (nSPS) is 16.3. The van der Waals surface area contributed by atoms with Crippen LogP contribution < -0.4 is 5.32 Å². The second kappa shape index (κ2) is 7.11. The van der Waals surface area contributed by atoms with Crippen molar-refractivity contribution in [2.24, 2.45) is 0 Å². The number of amides is 2. The first kappa shape index (κ1) is 15.4. The van der Waals surface area contributed by atoms with Crippen LogP contribution in [-0.2, 0) is 11.2 Å². The summed E-state index contributed by atoms with van der Waals surface area (Å²) in [5, 5.41) is 11.5. The van der Waals surface area contributed by atoms with E-state index < -0.39 is 5.97 Å². The molecule has 0 aromatic heterocycles. The Kier molecular flexibility index (Phi) is 5.20. The summed E-state index contributed by atoms with van der Waals surface area (Å²) in [5.74, 6) is -0.372. The summed E-state index contributed by atoms with van der Waals surface area (Å²) in [4.78, 5) is 23.7. The molecule has 0 aliphatic heterocycles. The number of hydrogen-bond acceptors (Lipinski definition) is 2. The molecule has 2 amide bonds. The molecule has 1 atom stereocenters. The molecule has 0 radical (unpaired) electrons. The number of nitrogens with one attached hydrogen (secondary N) is 1. The highest BCUT2D eigenvalue weighted by atomic mass is 16.4. The van der Waals surface area contributed by atoms with Crippen molar-refractivity contribution in [3.63, 3.8) is 0 Å². The van der Waals surface area contributed by atoms with E-state index in [4.69, 9.17) is 5.11 Å². The number of aliphatic carboxylic acids is 1. The molecule has 1 aromatic rings. The standard InChI is InChI=1S/C16H22N2O3/c1-18(11-9-15(19)20)16(21)17-10-8-13-7-6-12-4-2-3-5-14(12)13/h2-5,13H,6-11H2,1H3,(H,17,21)(H,19,20). The lowest BCUT2D eigenvalue weighted by Gasteiger charge is -2.18. The first-order chi connectivity index (χ1) is 10.1. The minimum absolute atomic E-state index is 0.0279. The van der Waals surface area contributed by atoms with Crippen molar-refractivity contribution in [1.29, 1.82) is 0 Å². The summed E-state index contributed by atoms with van der Waals surface area (Å²) >= 11 is 0. The topological polar surface area (TPSA) is 69.6 Å². The van der Waals surface area contributed by atoms with Gasteiger partial charge in [0.25, 0.3) is 0 Å². The van der Waals surface area contributed by atoms with E-state index in [2.05, 4.69) is 29.6 Å². The average Bonchev–Trinajstić information content (AvgIpc) is 2.88. The lowest BCUT2D eigenvalue weighted by Crippen LogP contribution is -2.39. The van der Waals surface area contributed by atoms with Gasteiger partial charge in [0, 0.05) is 20.1 Å². The summed E-state index contributed by atoms with van der Waals surface area (Å²) in [6.07, 6.45) is 3.16. The maximum Gasteiger partial charge on any atom is 0.317 e. The highest BCUT2D eigenvalue weighted by Crippen LogP contribution is 2.34. The van der Waals surface area contributed by atoms with Gasteiger partial charge < -0.3 is 15.3 Å². The number of carbonyl (C=O) groups excluding carboxylic acids is 1. The first-order valence-corrected chi connectivity index (χ1v) is 7.36. The van der Waals surface area contributed by atoms with Gasteiger partial charge >= 0.3 is 12.0 Å². The molecule has 5 heteroatoms. The van der Waals surface area contributed by atoms with Gasteiger partial charge in [-0.1, -0.05) is 24.3 Å². The number of nitrogens with zero attached hydrogens (tertiary/aromatic N) is 1. The zero-order chi connectivity index (χ0) is 15.2. The Morgan fingerprint density at radius 1 is 1.38 bits per heavy atom. The second-order valence-corrected chi connectivity index (χ2v) is 5.52. The fourth-order valence-corrected chi connectivity index (χ4v) is 2.80. The maximum atomic E-state index is 11.8. The van der Waals surface area contributed by atoms with Crippen molar-refractivity contribution >= 4 is 12.0 Å². The lowest BCUT2D eigenvalue weighted by atomic mass is 9.98. The third kappa shape index (κ3) is 4.21. The van der Waals surface area contributed by atoms with Gasteiger partial charge in [0.1, 0.15) is 0 Å². The number of hydrogen-bond donors (Lipinski definition) is 2. The number of carboxylic acids is 1. The van der Waals surface area contributed by atoms with Crippen LogP contribution in [0.5, 0.6) is 0 Å². The number of rotatable bonds is 6. The van der Waals surface area contributed by atoms with Crippen LogP contribution in [0.4, 0.5) is 4.79 Å². The van der Waals surface area contributed by atoms with E-state index in [-0.39, 0.29) is 19.0 Å². The summed E-state index contributed by atoms with van der Waals surface area (Å²) in [6, 6.07) is 8.28. The lowest BCUT2D eigenvalue weighted by molar-refractivity contribution is -0.137. The number of fused-ring (bicyclic) bond motifs is 1. The SMILES string of the molecule is CN(CCC(=O)O)C(=O)NCCC1CCc2ccccc21. The average molecular weight is 290 g/mol. The second-order valence-electron chi connectivity index (χ2n) is 5.52. The van der Waals surface area contributed by atoms with Crippen LogP contribution in [0.25, 0.3) is 0 Å². The predicted octanol–water partition coefficient (Wildman–Crippen LogP) is 2.22. The molecule has 21 heavy (non-hydrogen) atoms. The van der Waals surface area contributed by atoms with Crippen LogP contribution in [-0.4, -0.2) is 42.1 Å². The molecular formula is C16H22N2O3. The van der Waals surface area contributed by atoms with E-state index in [0.717, 1.165) is 19.3 Å². The Hall–Kier alpha value is -2.04.